The van der Waals surface area contributed by atoms with Crippen LogP contribution in [0.2, 0.25) is 5.02 Å². The third-order valence-electron chi connectivity index (χ3n) is 5.33. The summed E-state index contributed by atoms with van der Waals surface area (Å²) in [5.74, 6) is 0. The van der Waals surface area contributed by atoms with Gasteiger partial charge in [0.25, 0.3) is 0 Å². The van der Waals surface area contributed by atoms with Crippen molar-refractivity contribution < 1.29 is 5.11 Å². The van der Waals surface area contributed by atoms with Crippen molar-refractivity contribution in [3.63, 3.8) is 0 Å². The van der Waals surface area contributed by atoms with Gasteiger partial charge in [-0.25, -0.2) is 0 Å². The molecule has 0 bridgehead atoms. The van der Waals surface area contributed by atoms with Gasteiger partial charge in [0.1, 0.15) is 5.60 Å². The largest absolute Gasteiger partial charge is 0.376 e. The highest BCUT2D eigenvalue weighted by molar-refractivity contribution is 6.36. The van der Waals surface area contributed by atoms with Crippen molar-refractivity contribution in [1.29, 1.82) is 0 Å². The van der Waals surface area contributed by atoms with Gasteiger partial charge >= 0.3 is 0 Å². The lowest BCUT2D eigenvalue weighted by atomic mass is 9.77. The van der Waals surface area contributed by atoms with Crippen LogP contribution in [0.25, 0.3) is 10.8 Å². The number of nitrogens with zero attached hydrogens (tertiary/aromatic N) is 1. The summed E-state index contributed by atoms with van der Waals surface area (Å²) >= 11 is 6.93. The van der Waals surface area contributed by atoms with Crippen LogP contribution >= 0.6 is 11.6 Å². The van der Waals surface area contributed by atoms with Gasteiger partial charge < -0.3 is 10.0 Å². The lowest BCUT2D eigenvalue weighted by Gasteiger charge is -2.33. The summed E-state index contributed by atoms with van der Waals surface area (Å²) in [6.07, 6.45) is 0. The summed E-state index contributed by atoms with van der Waals surface area (Å²) in [6.45, 7) is 0.626. The Morgan fingerprint density at radius 1 is 0.793 bits per heavy atom. The summed E-state index contributed by atoms with van der Waals surface area (Å²) in [4.78, 5) is 2.08. The molecule has 0 aliphatic carbocycles. The minimum absolute atomic E-state index is 0.626. The SMILES string of the molecule is CN(C)Cc1c(C(O)(c2ccccc2)c2ccccc2)cc2ccccc2c1Cl. The molecule has 3 heteroatoms. The van der Waals surface area contributed by atoms with Crippen LogP contribution in [-0.2, 0) is 12.1 Å². The van der Waals surface area contributed by atoms with Crippen molar-refractivity contribution in [1.82, 2.24) is 4.90 Å². The molecule has 4 aromatic rings. The van der Waals surface area contributed by atoms with Crippen LogP contribution in [0.3, 0.4) is 0 Å². The number of fused-ring (bicyclic) bond motifs is 1. The van der Waals surface area contributed by atoms with Crippen molar-refractivity contribution in [2.75, 3.05) is 14.1 Å². The topological polar surface area (TPSA) is 23.5 Å². The van der Waals surface area contributed by atoms with Crippen molar-refractivity contribution in [2.45, 2.75) is 12.1 Å². The summed E-state index contributed by atoms with van der Waals surface area (Å²) in [5.41, 5.74) is 2.06. The fraction of sp³-hybridized carbons (Fsp3) is 0.154. The second-order valence-electron chi connectivity index (χ2n) is 7.62. The fourth-order valence-electron chi connectivity index (χ4n) is 3.98. The highest BCUT2D eigenvalue weighted by Crippen LogP contribution is 2.43. The van der Waals surface area contributed by atoms with Gasteiger partial charge in [0.15, 0.2) is 0 Å². The van der Waals surface area contributed by atoms with Crippen LogP contribution in [-0.4, -0.2) is 24.1 Å². The molecule has 0 atom stereocenters. The molecule has 29 heavy (non-hydrogen) atoms. The van der Waals surface area contributed by atoms with E-state index in [4.69, 9.17) is 11.6 Å². The minimum atomic E-state index is -1.32. The van der Waals surface area contributed by atoms with Crippen molar-refractivity contribution in [2.24, 2.45) is 0 Å². The van der Waals surface area contributed by atoms with Gasteiger partial charge in [-0.15, -0.1) is 0 Å². The zero-order valence-electron chi connectivity index (χ0n) is 16.6. The van der Waals surface area contributed by atoms with Crippen LogP contribution < -0.4 is 0 Å². The molecule has 0 saturated carbocycles. The molecule has 0 heterocycles. The second-order valence-corrected chi connectivity index (χ2v) is 8.00. The molecule has 0 aliphatic heterocycles. The Morgan fingerprint density at radius 2 is 1.31 bits per heavy atom. The Kier molecular flexibility index (Phi) is 5.42. The molecule has 146 valence electrons. The third-order valence-corrected chi connectivity index (χ3v) is 5.77. The van der Waals surface area contributed by atoms with E-state index in [1.165, 1.54) is 0 Å². The number of hydrogen-bond donors (Lipinski definition) is 1. The van der Waals surface area contributed by atoms with Gasteiger partial charge in [-0.3, -0.25) is 0 Å². The van der Waals surface area contributed by atoms with Crippen LogP contribution in [0.5, 0.6) is 0 Å². The lowest BCUT2D eigenvalue weighted by Crippen LogP contribution is -2.31. The summed E-state index contributed by atoms with van der Waals surface area (Å²) in [7, 11) is 4.03. The molecule has 0 fully saturated rings. The quantitative estimate of drug-likeness (QED) is 0.425. The summed E-state index contributed by atoms with van der Waals surface area (Å²) in [6, 6.07) is 29.8. The molecule has 2 nitrogen and oxygen atoms in total. The van der Waals surface area contributed by atoms with Crippen LogP contribution in [0.4, 0.5) is 0 Å². The Bertz CT molecular complexity index is 1080. The number of hydrogen-bond acceptors (Lipinski definition) is 2. The Labute approximate surface area is 177 Å². The first-order chi connectivity index (χ1) is 14.0. The van der Waals surface area contributed by atoms with Gasteiger partial charge in [0, 0.05) is 11.9 Å². The maximum atomic E-state index is 12.3. The number of benzene rings is 4. The van der Waals surface area contributed by atoms with Gasteiger partial charge in [0.05, 0.1) is 5.02 Å². The van der Waals surface area contributed by atoms with E-state index in [1.54, 1.807) is 0 Å². The Balaban J connectivity index is 2.10. The van der Waals surface area contributed by atoms with Crippen molar-refractivity contribution >= 4 is 22.4 Å². The molecule has 4 rings (SSSR count). The molecule has 0 saturated heterocycles. The first-order valence-corrected chi connectivity index (χ1v) is 10.1. The maximum absolute atomic E-state index is 12.3. The van der Waals surface area contributed by atoms with Crippen molar-refractivity contribution in [3.8, 4) is 0 Å². The lowest BCUT2D eigenvalue weighted by molar-refractivity contribution is 0.124. The third kappa shape index (κ3) is 3.56. The molecule has 0 aliphatic rings. The Hall–Kier alpha value is -2.65. The van der Waals surface area contributed by atoms with E-state index in [9.17, 15) is 5.11 Å². The molecule has 0 radical (unpaired) electrons. The monoisotopic (exact) mass is 401 g/mol. The van der Waals surface area contributed by atoms with Crippen LogP contribution in [0.1, 0.15) is 22.3 Å². The average molecular weight is 402 g/mol. The zero-order valence-corrected chi connectivity index (χ0v) is 17.4. The average Bonchev–Trinajstić information content (AvgIpc) is 2.76. The second kappa shape index (κ2) is 8.00. The van der Waals surface area contributed by atoms with E-state index in [2.05, 4.69) is 11.0 Å². The standard InChI is InChI=1S/C26H24ClNO/c1-28(2)18-23-24(17-19-11-9-10-16-22(19)25(23)27)26(29,20-12-5-3-6-13-20)21-14-7-4-8-15-21/h3-17,29H,18H2,1-2H3. The van der Waals surface area contributed by atoms with Gasteiger partial charge in [-0.05, 0) is 47.8 Å². The zero-order chi connectivity index (χ0) is 20.4. The summed E-state index contributed by atoms with van der Waals surface area (Å²) in [5, 5.41) is 15.0. The predicted octanol–water partition coefficient (Wildman–Crippen LogP) is 5.84. The molecule has 0 unspecified atom stereocenters. The molecule has 0 spiro atoms. The first kappa shape index (κ1) is 19.7. The maximum Gasteiger partial charge on any atom is 0.140 e. The van der Waals surface area contributed by atoms with E-state index in [0.29, 0.717) is 11.6 Å². The molecule has 0 aromatic heterocycles. The van der Waals surface area contributed by atoms with Crippen LogP contribution in [0, 0.1) is 0 Å². The van der Waals surface area contributed by atoms with E-state index >= 15 is 0 Å². The highest BCUT2D eigenvalue weighted by Gasteiger charge is 2.36. The van der Waals surface area contributed by atoms with E-state index < -0.39 is 5.60 Å². The highest BCUT2D eigenvalue weighted by atomic mass is 35.5. The normalized spacial score (nSPS) is 11.9. The van der Waals surface area contributed by atoms with Crippen molar-refractivity contribution in [3.05, 3.63) is 118 Å². The Morgan fingerprint density at radius 3 is 1.86 bits per heavy atom. The predicted molar refractivity (Wildman–Crippen MR) is 121 cm³/mol. The molecular weight excluding hydrogens is 378 g/mol. The fourth-order valence-corrected chi connectivity index (χ4v) is 4.31. The molecule has 4 aromatic carbocycles. The van der Waals surface area contributed by atoms with Gasteiger partial charge in [-0.1, -0.05) is 96.5 Å². The number of rotatable bonds is 5. The molecule has 1 N–H and O–H groups in total. The molecular formula is C26H24ClNO. The van der Waals surface area contributed by atoms with Crippen LogP contribution in [0.15, 0.2) is 91.0 Å². The number of aliphatic hydroxyl groups is 1. The van der Waals surface area contributed by atoms with E-state index in [0.717, 1.165) is 33.0 Å². The van der Waals surface area contributed by atoms with E-state index in [1.807, 2.05) is 99.0 Å². The number of halogens is 1. The van der Waals surface area contributed by atoms with Gasteiger partial charge in [-0.2, -0.15) is 0 Å². The molecule has 0 amide bonds. The van der Waals surface area contributed by atoms with E-state index in [-0.39, 0.29) is 0 Å². The minimum Gasteiger partial charge on any atom is -0.376 e. The van der Waals surface area contributed by atoms with Gasteiger partial charge in [0.2, 0.25) is 0 Å². The summed E-state index contributed by atoms with van der Waals surface area (Å²) < 4.78 is 0. The first-order valence-electron chi connectivity index (χ1n) is 9.70. The smallest absolute Gasteiger partial charge is 0.140 e.